The number of benzene rings is 1. The van der Waals surface area contributed by atoms with Crippen LogP contribution in [0.5, 0.6) is 0 Å². The molecular weight excluding hydrogens is 232 g/mol. The second-order valence-electron chi connectivity index (χ2n) is 7.30. The van der Waals surface area contributed by atoms with E-state index in [1.807, 2.05) is 0 Å². The number of anilines is 1. The Morgan fingerprint density at radius 1 is 0.789 bits per heavy atom. The van der Waals surface area contributed by atoms with Crippen LogP contribution in [0.1, 0.15) is 41.5 Å². The van der Waals surface area contributed by atoms with Crippen LogP contribution in [0.3, 0.4) is 0 Å². The molecule has 1 saturated heterocycles. The quantitative estimate of drug-likeness (QED) is 0.714. The summed E-state index contributed by atoms with van der Waals surface area (Å²) in [6.07, 6.45) is 0. The van der Waals surface area contributed by atoms with Crippen molar-refractivity contribution in [1.29, 1.82) is 0 Å². The second-order valence-corrected chi connectivity index (χ2v) is 7.30. The lowest BCUT2D eigenvalue weighted by Gasteiger charge is -2.40. The van der Waals surface area contributed by atoms with E-state index < -0.39 is 0 Å². The Kier molecular flexibility index (Phi) is 3.71. The lowest BCUT2D eigenvalue weighted by Crippen LogP contribution is -2.51. The summed E-state index contributed by atoms with van der Waals surface area (Å²) < 4.78 is 2.51. The van der Waals surface area contributed by atoms with Crippen molar-refractivity contribution >= 4 is 20.8 Å². The van der Waals surface area contributed by atoms with Gasteiger partial charge in [-0.2, -0.15) is 0 Å². The predicted molar refractivity (Wildman–Crippen MR) is 86.4 cm³/mol. The van der Waals surface area contributed by atoms with Crippen LogP contribution in [-0.2, 0) is 0 Å². The Morgan fingerprint density at radius 3 is 1.84 bits per heavy atom. The first-order chi connectivity index (χ1) is 8.69. The van der Waals surface area contributed by atoms with Crippen LogP contribution in [0.2, 0.25) is 0 Å². The fraction of sp³-hybridized carbons (Fsp3) is 0.571. The highest BCUT2D eigenvalue weighted by Gasteiger charge is 2.41. The average Bonchev–Trinajstić information content (AvgIpc) is 2.74. The molecule has 19 heavy (non-hydrogen) atoms. The molecule has 0 amide bonds. The molecule has 3 nitrogen and oxygen atoms in total. The van der Waals surface area contributed by atoms with E-state index in [1.54, 1.807) is 0 Å². The summed E-state index contributed by atoms with van der Waals surface area (Å²) in [6, 6.07) is 10.7. The van der Waals surface area contributed by atoms with E-state index in [2.05, 4.69) is 86.4 Å². The van der Waals surface area contributed by atoms with Gasteiger partial charge in [0.25, 0.3) is 0 Å². The molecule has 0 saturated carbocycles. The van der Waals surface area contributed by atoms with Gasteiger partial charge in [-0.3, -0.25) is 4.92 Å². The van der Waals surface area contributed by atoms with Crippen molar-refractivity contribution in [3.63, 3.8) is 0 Å². The highest BCUT2D eigenvalue weighted by molar-refractivity contribution is 6.58. The van der Waals surface area contributed by atoms with Crippen molar-refractivity contribution in [2.45, 2.75) is 52.6 Å². The number of para-hydroxylation sites is 1. The lowest BCUT2D eigenvalue weighted by molar-refractivity contribution is 0.264. The van der Waals surface area contributed by atoms with Gasteiger partial charge in [0.15, 0.2) is 0 Å². The molecule has 1 aliphatic heterocycles. The van der Waals surface area contributed by atoms with Gasteiger partial charge < -0.3 is 9.64 Å². The van der Waals surface area contributed by atoms with Gasteiger partial charge in [-0.15, -0.1) is 0 Å². The van der Waals surface area contributed by atoms with Crippen LogP contribution >= 0.6 is 0 Å². The first-order valence-electron chi connectivity index (χ1n) is 7.05. The van der Waals surface area contributed by atoms with Crippen molar-refractivity contribution < 1.29 is 0 Å². The summed E-state index contributed by atoms with van der Waals surface area (Å²) >= 11 is 0. The number of rotatable bonds is 1. The van der Waals surface area contributed by atoms with Gasteiger partial charge in [-0.05, 0) is 59.2 Å². The molecule has 0 aliphatic carbocycles. The zero-order valence-electron chi connectivity index (χ0n) is 13.1. The number of hydrazine groups is 1. The molecule has 0 spiro atoms. The zero-order valence-corrected chi connectivity index (χ0v) is 13.1. The molecule has 5 heteroatoms. The standard InChI is InChI=1S/C14H25B2N3/c1-13(2,3)18-15-17(12-10-8-7-9-11-12)19(16-18)14(4,5)6/h7-11,15-16H,1-6H3. The van der Waals surface area contributed by atoms with Gasteiger partial charge >= 0.3 is 15.1 Å². The van der Waals surface area contributed by atoms with Crippen molar-refractivity contribution in [3.8, 4) is 0 Å². The molecule has 0 radical (unpaired) electrons. The fourth-order valence-corrected chi connectivity index (χ4v) is 2.34. The summed E-state index contributed by atoms with van der Waals surface area (Å²) in [5.74, 6) is 0. The molecule has 1 aromatic carbocycles. The minimum atomic E-state index is 0.121. The molecular formula is C14H25B2N3. The third kappa shape index (κ3) is 3.15. The Labute approximate surface area is 119 Å². The monoisotopic (exact) mass is 257 g/mol. The van der Waals surface area contributed by atoms with Gasteiger partial charge in [-0.25, -0.2) is 0 Å². The first kappa shape index (κ1) is 14.5. The van der Waals surface area contributed by atoms with Crippen molar-refractivity contribution in [1.82, 2.24) is 9.64 Å². The summed E-state index contributed by atoms with van der Waals surface area (Å²) in [5, 5.41) is 0. The minimum absolute atomic E-state index is 0.121. The van der Waals surface area contributed by atoms with Gasteiger partial charge in [0.1, 0.15) is 0 Å². The largest absolute Gasteiger partial charge is 0.350 e. The van der Waals surface area contributed by atoms with Crippen LogP contribution in [0, 0.1) is 0 Å². The predicted octanol–water partition coefficient (Wildman–Crippen LogP) is 2.16. The molecule has 0 unspecified atom stereocenters. The van der Waals surface area contributed by atoms with Gasteiger partial charge in [-0.1, -0.05) is 18.2 Å². The Balaban J connectivity index is 2.30. The Bertz CT molecular complexity index is 423. The number of hydrogen-bond acceptors (Lipinski definition) is 3. The Hall–Kier alpha value is -0.930. The third-order valence-electron chi connectivity index (χ3n) is 3.68. The molecule has 1 aliphatic rings. The Morgan fingerprint density at radius 2 is 1.37 bits per heavy atom. The summed E-state index contributed by atoms with van der Waals surface area (Å²) in [6.45, 7) is 13.7. The van der Waals surface area contributed by atoms with Crippen LogP contribution < -0.4 is 4.92 Å². The van der Waals surface area contributed by atoms with Gasteiger partial charge in [0.2, 0.25) is 0 Å². The van der Waals surface area contributed by atoms with E-state index in [9.17, 15) is 0 Å². The first-order valence-corrected chi connectivity index (χ1v) is 7.05. The highest BCUT2D eigenvalue weighted by atomic mass is 15.6. The van der Waals surface area contributed by atoms with Crippen molar-refractivity contribution in [2.24, 2.45) is 0 Å². The summed E-state index contributed by atoms with van der Waals surface area (Å²) in [5.41, 5.74) is 1.58. The molecule has 0 N–H and O–H groups in total. The topological polar surface area (TPSA) is 9.72 Å². The molecule has 1 heterocycles. The van der Waals surface area contributed by atoms with Crippen molar-refractivity contribution in [2.75, 3.05) is 4.92 Å². The maximum atomic E-state index is 2.51. The van der Waals surface area contributed by atoms with E-state index in [0.717, 1.165) is 15.1 Å². The maximum Gasteiger partial charge on any atom is 0.329 e. The second kappa shape index (κ2) is 4.88. The maximum absolute atomic E-state index is 2.51. The molecule has 1 fully saturated rings. The van der Waals surface area contributed by atoms with Gasteiger partial charge in [0.05, 0.1) is 0 Å². The highest BCUT2D eigenvalue weighted by Crippen LogP contribution is 2.29. The SMILES string of the molecule is CC(C)(C)N1BN(c2ccccc2)N(C(C)(C)C)B1. The molecule has 0 bridgehead atoms. The summed E-state index contributed by atoms with van der Waals surface area (Å²) in [4.78, 5) is 4.85. The lowest BCUT2D eigenvalue weighted by atomic mass is 9.86. The zero-order chi connectivity index (χ0) is 14.3. The van der Waals surface area contributed by atoms with Crippen LogP contribution in [0.15, 0.2) is 30.3 Å². The number of hydrogen-bond donors (Lipinski definition) is 0. The van der Waals surface area contributed by atoms with Crippen LogP contribution in [0.4, 0.5) is 5.69 Å². The molecule has 0 atom stereocenters. The average molecular weight is 257 g/mol. The van der Waals surface area contributed by atoms with E-state index in [1.165, 1.54) is 5.69 Å². The molecule has 1 aromatic rings. The third-order valence-corrected chi connectivity index (χ3v) is 3.68. The molecule has 102 valence electrons. The van der Waals surface area contributed by atoms with E-state index >= 15 is 0 Å². The van der Waals surface area contributed by atoms with E-state index in [4.69, 9.17) is 0 Å². The summed E-state index contributed by atoms with van der Waals surface area (Å²) in [7, 11) is 1.92. The van der Waals surface area contributed by atoms with Crippen LogP contribution in [-0.4, -0.2) is 35.8 Å². The molecule has 2 rings (SSSR count). The molecule has 0 aromatic heterocycles. The minimum Gasteiger partial charge on any atom is -0.350 e. The normalized spacial score (nSPS) is 18.3. The van der Waals surface area contributed by atoms with E-state index in [0.29, 0.717) is 0 Å². The fourth-order valence-electron chi connectivity index (χ4n) is 2.34. The number of nitrogens with zero attached hydrogens (tertiary/aromatic N) is 3. The van der Waals surface area contributed by atoms with E-state index in [-0.39, 0.29) is 11.1 Å². The van der Waals surface area contributed by atoms with Gasteiger partial charge in [0, 0.05) is 11.2 Å². The van der Waals surface area contributed by atoms with Crippen molar-refractivity contribution in [3.05, 3.63) is 30.3 Å². The smallest absolute Gasteiger partial charge is 0.329 e. The van der Waals surface area contributed by atoms with Crippen LogP contribution in [0.25, 0.3) is 0 Å².